The molecule has 0 aliphatic carbocycles. The summed E-state index contributed by atoms with van der Waals surface area (Å²) in [5.74, 6) is -1.23. The second-order valence-corrected chi connectivity index (χ2v) is 7.26. The zero-order valence-corrected chi connectivity index (χ0v) is 16.6. The van der Waals surface area contributed by atoms with Crippen molar-refractivity contribution >= 4 is 34.3 Å². The highest BCUT2D eigenvalue weighted by molar-refractivity contribution is 6.01. The van der Waals surface area contributed by atoms with Gasteiger partial charge in [0.2, 0.25) is 0 Å². The predicted molar refractivity (Wildman–Crippen MR) is 113 cm³/mol. The molecule has 4 rings (SSSR count). The molecule has 0 saturated carbocycles. The van der Waals surface area contributed by atoms with Gasteiger partial charge in [-0.3, -0.25) is 4.79 Å². The summed E-state index contributed by atoms with van der Waals surface area (Å²) >= 11 is 0. The molecule has 0 radical (unpaired) electrons. The first-order chi connectivity index (χ1) is 14.5. The third-order valence-electron chi connectivity index (χ3n) is 5.11. The first-order valence-corrected chi connectivity index (χ1v) is 9.94. The van der Waals surface area contributed by atoms with Crippen LogP contribution >= 0.6 is 0 Å². The summed E-state index contributed by atoms with van der Waals surface area (Å²) in [5.41, 5.74) is 1.15. The molecule has 30 heavy (non-hydrogen) atoms. The van der Waals surface area contributed by atoms with Gasteiger partial charge in [0.25, 0.3) is 5.91 Å². The van der Waals surface area contributed by atoms with E-state index in [0.717, 1.165) is 36.8 Å². The Labute approximate surface area is 173 Å². The maximum atomic E-state index is 13.8. The summed E-state index contributed by atoms with van der Waals surface area (Å²) in [6, 6.07) is 15.1. The van der Waals surface area contributed by atoms with Crippen LogP contribution in [0.3, 0.4) is 0 Å². The smallest absolute Gasteiger partial charge is 0.342 e. The Hall–Kier alpha value is -3.48. The fraction of sp³-hybridized carbons (Fsp3) is 0.261. The SMILES string of the molecule is CC(OC(=O)c1cc2ccccc2nc1N1CCCC1)C(=O)Nc1ccccc1F. The largest absolute Gasteiger partial charge is 0.449 e. The van der Waals surface area contributed by atoms with Gasteiger partial charge in [-0.2, -0.15) is 0 Å². The number of para-hydroxylation sites is 2. The number of nitrogens with one attached hydrogen (secondary N) is 1. The van der Waals surface area contributed by atoms with E-state index in [1.807, 2.05) is 24.3 Å². The summed E-state index contributed by atoms with van der Waals surface area (Å²) < 4.78 is 19.2. The molecule has 3 aromatic rings. The van der Waals surface area contributed by atoms with Crippen molar-refractivity contribution in [3.8, 4) is 0 Å². The van der Waals surface area contributed by atoms with Crippen LogP contribution in [0.4, 0.5) is 15.9 Å². The molecule has 1 aliphatic heterocycles. The number of aromatic nitrogens is 1. The van der Waals surface area contributed by atoms with E-state index in [4.69, 9.17) is 4.74 Å². The number of nitrogens with zero attached hydrogens (tertiary/aromatic N) is 2. The number of amides is 1. The van der Waals surface area contributed by atoms with Gasteiger partial charge in [-0.05, 0) is 44.0 Å². The van der Waals surface area contributed by atoms with Gasteiger partial charge in [-0.25, -0.2) is 14.2 Å². The van der Waals surface area contributed by atoms with Gasteiger partial charge in [0.15, 0.2) is 6.10 Å². The number of carbonyl (C=O) groups excluding carboxylic acids is 2. The zero-order valence-electron chi connectivity index (χ0n) is 16.6. The van der Waals surface area contributed by atoms with Crippen LogP contribution in [0, 0.1) is 5.82 Å². The van der Waals surface area contributed by atoms with E-state index >= 15 is 0 Å². The molecule has 1 aliphatic rings. The number of pyridine rings is 1. The van der Waals surface area contributed by atoms with Crippen LogP contribution in [0.1, 0.15) is 30.1 Å². The highest BCUT2D eigenvalue weighted by atomic mass is 19.1. The van der Waals surface area contributed by atoms with Crippen molar-refractivity contribution in [2.75, 3.05) is 23.3 Å². The van der Waals surface area contributed by atoms with E-state index in [1.54, 1.807) is 12.1 Å². The van der Waals surface area contributed by atoms with E-state index < -0.39 is 23.8 Å². The fourth-order valence-corrected chi connectivity index (χ4v) is 3.50. The summed E-state index contributed by atoms with van der Waals surface area (Å²) in [5, 5.41) is 3.26. The second-order valence-electron chi connectivity index (χ2n) is 7.26. The number of hydrogen-bond donors (Lipinski definition) is 1. The number of rotatable bonds is 5. The van der Waals surface area contributed by atoms with Crippen molar-refractivity contribution in [2.24, 2.45) is 0 Å². The zero-order chi connectivity index (χ0) is 21.1. The Bertz CT molecular complexity index is 1100. The van der Waals surface area contributed by atoms with Crippen LogP contribution in [0.2, 0.25) is 0 Å². The van der Waals surface area contributed by atoms with Crippen molar-refractivity contribution in [3.63, 3.8) is 0 Å². The van der Waals surface area contributed by atoms with E-state index in [9.17, 15) is 14.0 Å². The molecule has 1 unspecified atom stereocenters. The average Bonchev–Trinajstić information content (AvgIpc) is 3.29. The van der Waals surface area contributed by atoms with Crippen LogP contribution in [0.15, 0.2) is 54.6 Å². The third kappa shape index (κ3) is 4.10. The molecule has 1 atom stereocenters. The first-order valence-electron chi connectivity index (χ1n) is 9.94. The topological polar surface area (TPSA) is 71.5 Å². The van der Waals surface area contributed by atoms with E-state index in [1.165, 1.54) is 25.1 Å². The summed E-state index contributed by atoms with van der Waals surface area (Å²) in [6.07, 6.45) is 0.963. The number of ether oxygens (including phenoxy) is 1. The van der Waals surface area contributed by atoms with Crippen molar-refractivity contribution in [1.29, 1.82) is 0 Å². The lowest BCUT2D eigenvalue weighted by Gasteiger charge is -2.21. The molecule has 1 N–H and O–H groups in total. The number of hydrogen-bond acceptors (Lipinski definition) is 5. The third-order valence-corrected chi connectivity index (χ3v) is 5.11. The highest BCUT2D eigenvalue weighted by Crippen LogP contribution is 2.27. The van der Waals surface area contributed by atoms with Crippen LogP contribution < -0.4 is 10.2 Å². The molecule has 0 bridgehead atoms. The van der Waals surface area contributed by atoms with Gasteiger partial charge in [-0.1, -0.05) is 30.3 Å². The molecule has 1 fully saturated rings. The Balaban J connectivity index is 1.56. The van der Waals surface area contributed by atoms with Gasteiger partial charge in [0, 0.05) is 18.5 Å². The first kappa shape index (κ1) is 19.8. The van der Waals surface area contributed by atoms with Crippen LogP contribution in [-0.2, 0) is 9.53 Å². The Kier molecular flexibility index (Phi) is 5.61. The second kappa shape index (κ2) is 8.49. The maximum Gasteiger partial charge on any atom is 0.342 e. The molecule has 2 heterocycles. The number of fused-ring (bicyclic) bond motifs is 1. The Morgan fingerprint density at radius 3 is 2.57 bits per heavy atom. The number of carbonyl (C=O) groups is 2. The molecule has 154 valence electrons. The quantitative estimate of drug-likeness (QED) is 0.643. The van der Waals surface area contributed by atoms with E-state index in [2.05, 4.69) is 15.2 Å². The number of anilines is 2. The molecule has 2 aromatic carbocycles. The summed E-state index contributed by atoms with van der Waals surface area (Å²) in [7, 11) is 0. The standard InChI is InChI=1S/C23H22FN3O3/c1-15(22(28)26-20-11-5-3-9-18(20)24)30-23(29)17-14-16-8-2-4-10-19(16)25-21(17)27-12-6-7-13-27/h2-5,8-11,14-15H,6-7,12-13H2,1H3,(H,26,28). The normalized spacial score (nSPS) is 14.5. The van der Waals surface area contributed by atoms with Crippen LogP contribution in [-0.4, -0.2) is 36.1 Å². The lowest BCUT2D eigenvalue weighted by molar-refractivity contribution is -0.123. The van der Waals surface area contributed by atoms with Gasteiger partial charge < -0.3 is 15.0 Å². The van der Waals surface area contributed by atoms with Crippen LogP contribution in [0.5, 0.6) is 0 Å². The number of esters is 1. The van der Waals surface area contributed by atoms with Crippen molar-refractivity contribution < 1.29 is 18.7 Å². The summed E-state index contributed by atoms with van der Waals surface area (Å²) in [4.78, 5) is 32.1. The van der Waals surface area contributed by atoms with Gasteiger partial charge in [-0.15, -0.1) is 0 Å². The lowest BCUT2D eigenvalue weighted by atomic mass is 10.1. The predicted octanol–water partition coefficient (Wildman–Crippen LogP) is 4.16. The molecule has 0 spiro atoms. The van der Waals surface area contributed by atoms with Crippen LogP contribution in [0.25, 0.3) is 10.9 Å². The lowest BCUT2D eigenvalue weighted by Crippen LogP contribution is -2.31. The van der Waals surface area contributed by atoms with Crippen molar-refractivity contribution in [1.82, 2.24) is 4.98 Å². The Morgan fingerprint density at radius 2 is 1.80 bits per heavy atom. The molecule has 1 amide bonds. The minimum Gasteiger partial charge on any atom is -0.449 e. The molecular formula is C23H22FN3O3. The van der Waals surface area contributed by atoms with Crippen molar-refractivity contribution in [2.45, 2.75) is 25.9 Å². The van der Waals surface area contributed by atoms with Gasteiger partial charge >= 0.3 is 5.97 Å². The molecular weight excluding hydrogens is 385 g/mol. The van der Waals surface area contributed by atoms with E-state index in [0.29, 0.717) is 11.4 Å². The average molecular weight is 407 g/mol. The number of halogens is 1. The van der Waals surface area contributed by atoms with Crippen molar-refractivity contribution in [3.05, 3.63) is 66.0 Å². The monoisotopic (exact) mass is 407 g/mol. The number of benzene rings is 2. The van der Waals surface area contributed by atoms with Gasteiger partial charge in [0.1, 0.15) is 17.2 Å². The molecule has 1 saturated heterocycles. The van der Waals surface area contributed by atoms with Gasteiger partial charge in [0.05, 0.1) is 11.2 Å². The van der Waals surface area contributed by atoms with E-state index in [-0.39, 0.29) is 5.69 Å². The summed E-state index contributed by atoms with van der Waals surface area (Å²) in [6.45, 7) is 3.09. The molecule has 6 nitrogen and oxygen atoms in total. The fourth-order valence-electron chi connectivity index (χ4n) is 3.50. The molecule has 1 aromatic heterocycles. The molecule has 7 heteroatoms. The Morgan fingerprint density at radius 1 is 1.10 bits per heavy atom. The minimum atomic E-state index is -1.10. The highest BCUT2D eigenvalue weighted by Gasteiger charge is 2.26. The minimum absolute atomic E-state index is 0.0375. The maximum absolute atomic E-state index is 13.8.